The van der Waals surface area contributed by atoms with Crippen molar-refractivity contribution in [3.63, 3.8) is 0 Å². The Morgan fingerprint density at radius 2 is 1.27 bits per heavy atom. The molecular formula is C34H23F6N3O. The lowest BCUT2D eigenvalue weighted by Crippen LogP contribution is -2.28. The molecule has 10 heteroatoms. The highest BCUT2D eigenvalue weighted by molar-refractivity contribution is 6.02. The molecule has 0 bridgehead atoms. The molecule has 0 radical (unpaired) electrons. The van der Waals surface area contributed by atoms with E-state index in [1.54, 1.807) is 11.9 Å². The normalized spacial score (nSPS) is 12.2. The summed E-state index contributed by atoms with van der Waals surface area (Å²) in [5.74, 6) is -0.323. The molecule has 0 spiro atoms. The molecule has 44 heavy (non-hydrogen) atoms. The maximum absolute atomic E-state index is 13.7. The maximum Gasteiger partial charge on any atom is 0.416 e. The van der Waals surface area contributed by atoms with Gasteiger partial charge in [0.05, 0.1) is 23.7 Å². The number of nitrogens with zero attached hydrogens (tertiary/aromatic N) is 3. The average Bonchev–Trinajstić information content (AvgIpc) is 3.49. The molecule has 0 aliphatic carbocycles. The van der Waals surface area contributed by atoms with Crippen molar-refractivity contribution in [3.8, 4) is 16.8 Å². The molecule has 4 nitrogen and oxygen atoms in total. The zero-order valence-electron chi connectivity index (χ0n) is 23.1. The smallest absolute Gasteiger partial charge is 0.336 e. The van der Waals surface area contributed by atoms with E-state index in [9.17, 15) is 31.1 Å². The number of fused-ring (bicyclic) bond motifs is 2. The Morgan fingerprint density at radius 1 is 0.727 bits per heavy atom. The number of hydrogen-bond donors (Lipinski definition) is 0. The fourth-order valence-electron chi connectivity index (χ4n) is 5.38. The summed E-state index contributed by atoms with van der Waals surface area (Å²) in [7, 11) is 1.69. The third-order valence-electron chi connectivity index (χ3n) is 7.55. The molecule has 0 unspecified atom stereocenters. The molecule has 1 amide bonds. The van der Waals surface area contributed by atoms with E-state index in [2.05, 4.69) is 11.1 Å². The van der Waals surface area contributed by atoms with Crippen LogP contribution in [0, 0.1) is 0 Å². The van der Waals surface area contributed by atoms with E-state index in [0.29, 0.717) is 24.4 Å². The van der Waals surface area contributed by atoms with Gasteiger partial charge in [0.1, 0.15) is 5.69 Å². The van der Waals surface area contributed by atoms with Gasteiger partial charge in [-0.15, -0.1) is 0 Å². The molecule has 0 fully saturated rings. The second kappa shape index (κ2) is 10.9. The van der Waals surface area contributed by atoms with E-state index in [-0.39, 0.29) is 28.8 Å². The van der Waals surface area contributed by atoms with E-state index in [1.807, 2.05) is 48.5 Å². The Morgan fingerprint density at radius 3 is 1.82 bits per heavy atom. The zero-order chi connectivity index (χ0) is 31.2. The first-order valence-corrected chi connectivity index (χ1v) is 13.5. The number of imidazole rings is 1. The van der Waals surface area contributed by atoms with Crippen molar-refractivity contribution in [1.29, 1.82) is 0 Å². The predicted molar refractivity (Wildman–Crippen MR) is 156 cm³/mol. The number of amides is 1. The Bertz CT molecular complexity index is 1920. The van der Waals surface area contributed by atoms with Crippen LogP contribution in [0.1, 0.15) is 27.2 Å². The zero-order valence-corrected chi connectivity index (χ0v) is 23.1. The number of aromatic nitrogens is 2. The van der Waals surface area contributed by atoms with E-state index in [1.165, 1.54) is 41.4 Å². The molecule has 0 aliphatic rings. The molecule has 0 saturated carbocycles. The molecule has 0 N–H and O–H groups in total. The summed E-state index contributed by atoms with van der Waals surface area (Å²) in [5.41, 5.74) is -1.18. The van der Waals surface area contributed by atoms with Gasteiger partial charge in [0, 0.05) is 19.3 Å². The fourth-order valence-corrected chi connectivity index (χ4v) is 5.38. The first-order valence-electron chi connectivity index (χ1n) is 13.5. The van der Waals surface area contributed by atoms with E-state index < -0.39 is 23.5 Å². The number of carbonyl (C=O) groups excluding carboxylic acids is 1. The molecular weight excluding hydrogens is 580 g/mol. The summed E-state index contributed by atoms with van der Waals surface area (Å²) in [4.78, 5) is 19.4. The Labute approximate surface area is 247 Å². The van der Waals surface area contributed by atoms with Crippen molar-refractivity contribution in [1.82, 2.24) is 14.5 Å². The summed E-state index contributed by atoms with van der Waals surface area (Å²) in [6, 6.07) is 25.3. The summed E-state index contributed by atoms with van der Waals surface area (Å²) in [6.07, 6.45) is -7.06. The largest absolute Gasteiger partial charge is 0.416 e. The van der Waals surface area contributed by atoms with Gasteiger partial charge >= 0.3 is 12.4 Å². The molecule has 222 valence electrons. The van der Waals surface area contributed by atoms with Crippen LogP contribution >= 0.6 is 0 Å². The lowest BCUT2D eigenvalue weighted by atomic mass is 9.96. The van der Waals surface area contributed by atoms with E-state index in [0.717, 1.165) is 27.1 Å². The third-order valence-corrected chi connectivity index (χ3v) is 7.55. The quantitative estimate of drug-likeness (QED) is 0.146. The van der Waals surface area contributed by atoms with Crippen molar-refractivity contribution in [2.45, 2.75) is 18.9 Å². The van der Waals surface area contributed by atoms with Gasteiger partial charge in [-0.2, -0.15) is 26.3 Å². The molecule has 6 rings (SSSR count). The Hall–Kier alpha value is -5.12. The highest BCUT2D eigenvalue weighted by atomic mass is 19.4. The maximum atomic E-state index is 13.7. The van der Waals surface area contributed by atoms with Gasteiger partial charge in [-0.05, 0) is 74.6 Å². The van der Waals surface area contributed by atoms with Crippen LogP contribution in [0.3, 0.4) is 0 Å². The van der Waals surface area contributed by atoms with Crippen LogP contribution in [-0.2, 0) is 18.9 Å². The van der Waals surface area contributed by atoms with E-state index >= 15 is 0 Å². The number of halogens is 6. The lowest BCUT2D eigenvalue weighted by molar-refractivity contribution is -0.143. The van der Waals surface area contributed by atoms with Gasteiger partial charge in [-0.1, -0.05) is 60.7 Å². The van der Waals surface area contributed by atoms with Crippen LogP contribution in [-0.4, -0.2) is 27.4 Å². The monoisotopic (exact) mass is 603 g/mol. The van der Waals surface area contributed by atoms with Crippen molar-refractivity contribution < 1.29 is 31.1 Å². The standard InChI is InChI=1S/C34H23F6N3O/c1-42(19-30-28-8-4-2-6-22(28)14-23-7-3-5-9-29(23)30)32(44)31-18-41-20-43(31)27-12-10-21(11-13-27)24-15-25(33(35,36)37)17-26(16-24)34(38,39)40/h2-18,20H,19H2,1H3. The van der Waals surface area contributed by atoms with Crippen molar-refractivity contribution >= 4 is 27.5 Å². The molecule has 5 aromatic carbocycles. The SMILES string of the molecule is CN(Cc1c2ccccc2cc2ccccc12)C(=O)c1cncn1-c1ccc(-c2cc(C(F)(F)F)cc(C(F)(F)F)c2)cc1. The predicted octanol–water partition coefficient (Wildman–Crippen LogP) is 9.16. The van der Waals surface area contributed by atoms with Gasteiger partial charge in [0.2, 0.25) is 0 Å². The number of alkyl halides is 6. The van der Waals surface area contributed by atoms with Crippen LogP contribution in [0.5, 0.6) is 0 Å². The first-order chi connectivity index (χ1) is 20.9. The second-order valence-corrected chi connectivity index (χ2v) is 10.4. The summed E-state index contributed by atoms with van der Waals surface area (Å²) in [6.45, 7) is 0.307. The molecule has 0 saturated heterocycles. The van der Waals surface area contributed by atoms with Crippen LogP contribution in [0.2, 0.25) is 0 Å². The molecule has 0 aliphatic heterocycles. The number of carbonyl (C=O) groups is 1. The van der Waals surface area contributed by atoms with E-state index in [4.69, 9.17) is 0 Å². The summed E-state index contributed by atoms with van der Waals surface area (Å²) in [5, 5.41) is 4.15. The van der Waals surface area contributed by atoms with Gasteiger partial charge in [-0.3, -0.25) is 9.36 Å². The number of hydrogen-bond acceptors (Lipinski definition) is 2. The lowest BCUT2D eigenvalue weighted by Gasteiger charge is -2.21. The summed E-state index contributed by atoms with van der Waals surface area (Å²) < 4.78 is 81.7. The first kappa shape index (κ1) is 29.0. The second-order valence-electron chi connectivity index (χ2n) is 10.4. The van der Waals surface area contributed by atoms with Gasteiger partial charge < -0.3 is 4.90 Å². The minimum absolute atomic E-state index is 0.0960. The minimum atomic E-state index is -4.95. The van der Waals surface area contributed by atoms with Gasteiger partial charge in [0.25, 0.3) is 5.91 Å². The highest BCUT2D eigenvalue weighted by Crippen LogP contribution is 2.39. The van der Waals surface area contributed by atoms with Crippen LogP contribution in [0.15, 0.2) is 110 Å². The van der Waals surface area contributed by atoms with Gasteiger partial charge in [-0.25, -0.2) is 4.98 Å². The molecule has 1 aromatic heterocycles. The van der Waals surface area contributed by atoms with Crippen LogP contribution in [0.4, 0.5) is 26.3 Å². The van der Waals surface area contributed by atoms with Crippen molar-refractivity contribution in [2.75, 3.05) is 7.05 Å². The fraction of sp³-hybridized carbons (Fsp3) is 0.118. The summed E-state index contributed by atoms with van der Waals surface area (Å²) >= 11 is 0. The topological polar surface area (TPSA) is 38.1 Å². The van der Waals surface area contributed by atoms with Crippen LogP contribution in [0.25, 0.3) is 38.4 Å². The minimum Gasteiger partial charge on any atom is -0.336 e. The number of benzene rings is 5. The Kier molecular flexibility index (Phi) is 7.15. The molecule has 6 aromatic rings. The highest BCUT2D eigenvalue weighted by Gasteiger charge is 2.37. The Balaban J connectivity index is 1.31. The van der Waals surface area contributed by atoms with Crippen molar-refractivity contribution in [2.24, 2.45) is 0 Å². The molecule has 0 atom stereocenters. The molecule has 1 heterocycles. The van der Waals surface area contributed by atoms with Crippen LogP contribution < -0.4 is 0 Å². The van der Waals surface area contributed by atoms with Gasteiger partial charge in [0.15, 0.2) is 0 Å². The third kappa shape index (κ3) is 5.50. The average molecular weight is 604 g/mol. The van der Waals surface area contributed by atoms with Crippen molar-refractivity contribution in [3.05, 3.63) is 132 Å². The number of rotatable bonds is 5.